The lowest BCUT2D eigenvalue weighted by Gasteiger charge is -2.23. The normalized spacial score (nSPS) is 16.1. The number of hydrogen-bond donors (Lipinski definition) is 1. The molecule has 0 radical (unpaired) electrons. The fourth-order valence-electron chi connectivity index (χ4n) is 3.07. The lowest BCUT2D eigenvalue weighted by atomic mass is 10.1. The van der Waals surface area contributed by atoms with Crippen molar-refractivity contribution in [3.63, 3.8) is 0 Å². The van der Waals surface area contributed by atoms with Gasteiger partial charge in [0.1, 0.15) is 5.75 Å². The van der Waals surface area contributed by atoms with Gasteiger partial charge in [0, 0.05) is 11.7 Å². The SMILES string of the molecule is CCc1ccccc1OCNC(=O)N1c2ccccc2CC1C. The van der Waals surface area contributed by atoms with E-state index in [-0.39, 0.29) is 18.8 Å². The van der Waals surface area contributed by atoms with E-state index in [2.05, 4.69) is 25.2 Å². The monoisotopic (exact) mass is 310 g/mol. The molecule has 1 aliphatic rings. The molecule has 23 heavy (non-hydrogen) atoms. The number of ether oxygens (including phenoxy) is 1. The summed E-state index contributed by atoms with van der Waals surface area (Å²) in [4.78, 5) is 14.3. The van der Waals surface area contributed by atoms with E-state index in [1.165, 1.54) is 5.56 Å². The molecule has 2 aromatic carbocycles. The number of carbonyl (C=O) groups is 1. The summed E-state index contributed by atoms with van der Waals surface area (Å²) in [7, 11) is 0. The van der Waals surface area contributed by atoms with Gasteiger partial charge in [-0.1, -0.05) is 43.3 Å². The fraction of sp³-hybridized carbons (Fsp3) is 0.316. The van der Waals surface area contributed by atoms with Crippen molar-refractivity contribution in [2.45, 2.75) is 32.7 Å². The zero-order valence-electron chi connectivity index (χ0n) is 13.6. The van der Waals surface area contributed by atoms with Crippen molar-refractivity contribution in [2.75, 3.05) is 11.6 Å². The summed E-state index contributed by atoms with van der Waals surface area (Å²) in [5.74, 6) is 0.824. The quantitative estimate of drug-likeness (QED) is 0.874. The third-order valence-corrected chi connectivity index (χ3v) is 4.23. The summed E-state index contributed by atoms with van der Waals surface area (Å²) in [5, 5.41) is 2.86. The van der Waals surface area contributed by atoms with Gasteiger partial charge in [-0.05, 0) is 43.0 Å². The molecule has 0 fully saturated rings. The molecule has 1 heterocycles. The molecule has 0 bridgehead atoms. The minimum atomic E-state index is -0.114. The molecule has 0 aliphatic carbocycles. The molecule has 0 aromatic heterocycles. The molecule has 1 N–H and O–H groups in total. The number of para-hydroxylation sites is 2. The predicted molar refractivity (Wildman–Crippen MR) is 91.9 cm³/mol. The predicted octanol–water partition coefficient (Wildman–Crippen LogP) is 3.75. The third-order valence-electron chi connectivity index (χ3n) is 4.23. The molecule has 4 heteroatoms. The van der Waals surface area contributed by atoms with Gasteiger partial charge < -0.3 is 10.1 Å². The highest BCUT2D eigenvalue weighted by molar-refractivity contribution is 5.94. The van der Waals surface area contributed by atoms with Crippen LogP contribution in [-0.2, 0) is 12.8 Å². The molecular weight excluding hydrogens is 288 g/mol. The van der Waals surface area contributed by atoms with E-state index in [0.717, 1.165) is 29.8 Å². The van der Waals surface area contributed by atoms with E-state index in [9.17, 15) is 4.79 Å². The summed E-state index contributed by atoms with van der Waals surface area (Å²) < 4.78 is 5.72. The van der Waals surface area contributed by atoms with E-state index < -0.39 is 0 Å². The van der Waals surface area contributed by atoms with Gasteiger partial charge in [0.05, 0.1) is 0 Å². The van der Waals surface area contributed by atoms with Gasteiger partial charge in [0.15, 0.2) is 6.73 Å². The molecule has 4 nitrogen and oxygen atoms in total. The van der Waals surface area contributed by atoms with E-state index in [1.807, 2.05) is 47.4 Å². The van der Waals surface area contributed by atoms with Crippen LogP contribution in [0.1, 0.15) is 25.0 Å². The minimum Gasteiger partial charge on any atom is -0.473 e. The van der Waals surface area contributed by atoms with Gasteiger partial charge in [-0.25, -0.2) is 4.79 Å². The van der Waals surface area contributed by atoms with Gasteiger partial charge in [0.2, 0.25) is 0 Å². The maximum Gasteiger partial charge on any atom is 0.324 e. The summed E-state index contributed by atoms with van der Waals surface area (Å²) in [6.07, 6.45) is 1.80. The second-order valence-electron chi connectivity index (χ2n) is 5.78. The number of aryl methyl sites for hydroxylation is 1. The Balaban J connectivity index is 1.62. The van der Waals surface area contributed by atoms with E-state index in [4.69, 9.17) is 4.74 Å². The Morgan fingerprint density at radius 3 is 2.78 bits per heavy atom. The standard InChI is InChI=1S/C19H22N2O2/c1-3-15-8-5-7-11-18(15)23-13-20-19(22)21-14(2)12-16-9-4-6-10-17(16)21/h4-11,14H,3,12-13H2,1-2H3,(H,20,22). The first kappa shape index (κ1) is 15.4. The van der Waals surface area contributed by atoms with E-state index in [0.29, 0.717) is 0 Å². The number of nitrogens with one attached hydrogen (secondary N) is 1. The summed E-state index contributed by atoms with van der Waals surface area (Å²) >= 11 is 0. The number of carbonyl (C=O) groups excluding carboxylic acids is 1. The highest BCUT2D eigenvalue weighted by Crippen LogP contribution is 2.31. The van der Waals surface area contributed by atoms with Gasteiger partial charge >= 0.3 is 6.03 Å². The Morgan fingerprint density at radius 2 is 1.96 bits per heavy atom. The van der Waals surface area contributed by atoms with Crippen LogP contribution in [0.2, 0.25) is 0 Å². The average molecular weight is 310 g/mol. The topological polar surface area (TPSA) is 41.6 Å². The highest BCUT2D eigenvalue weighted by atomic mass is 16.5. The van der Waals surface area contributed by atoms with Crippen molar-refractivity contribution in [3.8, 4) is 5.75 Å². The first-order valence-electron chi connectivity index (χ1n) is 8.06. The van der Waals surface area contributed by atoms with Gasteiger partial charge in [0.25, 0.3) is 0 Å². The van der Waals surface area contributed by atoms with Gasteiger partial charge in [-0.15, -0.1) is 0 Å². The zero-order valence-corrected chi connectivity index (χ0v) is 13.6. The van der Waals surface area contributed by atoms with Crippen LogP contribution in [0, 0.1) is 0 Å². The Labute approximate surface area is 137 Å². The van der Waals surface area contributed by atoms with Crippen molar-refractivity contribution in [2.24, 2.45) is 0 Å². The number of fused-ring (bicyclic) bond motifs is 1. The van der Waals surface area contributed by atoms with Crippen molar-refractivity contribution < 1.29 is 9.53 Å². The lowest BCUT2D eigenvalue weighted by Crippen LogP contribution is -2.44. The maximum absolute atomic E-state index is 12.5. The first-order chi connectivity index (χ1) is 11.2. The van der Waals surface area contributed by atoms with Crippen molar-refractivity contribution in [1.82, 2.24) is 5.32 Å². The molecule has 1 aliphatic heterocycles. The number of anilines is 1. The number of urea groups is 1. The number of amides is 2. The molecule has 1 unspecified atom stereocenters. The lowest BCUT2D eigenvalue weighted by molar-refractivity contribution is 0.227. The average Bonchev–Trinajstić information content (AvgIpc) is 2.91. The van der Waals surface area contributed by atoms with Crippen molar-refractivity contribution >= 4 is 11.7 Å². The van der Waals surface area contributed by atoms with Crippen LogP contribution in [-0.4, -0.2) is 18.8 Å². The molecule has 120 valence electrons. The van der Waals surface area contributed by atoms with Crippen LogP contribution in [0.4, 0.5) is 10.5 Å². The van der Waals surface area contributed by atoms with Crippen LogP contribution in [0.5, 0.6) is 5.75 Å². The molecule has 2 amide bonds. The van der Waals surface area contributed by atoms with Crippen LogP contribution in [0.15, 0.2) is 48.5 Å². The second-order valence-corrected chi connectivity index (χ2v) is 5.78. The largest absolute Gasteiger partial charge is 0.473 e. The number of nitrogens with zero attached hydrogens (tertiary/aromatic N) is 1. The zero-order chi connectivity index (χ0) is 16.2. The van der Waals surface area contributed by atoms with Crippen LogP contribution in [0.3, 0.4) is 0 Å². The Bertz CT molecular complexity index is 699. The molecule has 1 atom stereocenters. The Morgan fingerprint density at radius 1 is 1.22 bits per heavy atom. The highest BCUT2D eigenvalue weighted by Gasteiger charge is 2.30. The van der Waals surface area contributed by atoms with Gasteiger partial charge in [-0.3, -0.25) is 4.90 Å². The number of hydrogen-bond acceptors (Lipinski definition) is 2. The van der Waals surface area contributed by atoms with Gasteiger partial charge in [-0.2, -0.15) is 0 Å². The smallest absolute Gasteiger partial charge is 0.324 e. The first-order valence-corrected chi connectivity index (χ1v) is 8.06. The molecule has 0 saturated carbocycles. The van der Waals surface area contributed by atoms with Crippen molar-refractivity contribution in [3.05, 3.63) is 59.7 Å². The summed E-state index contributed by atoms with van der Waals surface area (Å²) in [6, 6.07) is 16.0. The minimum absolute atomic E-state index is 0.114. The van der Waals surface area contributed by atoms with E-state index in [1.54, 1.807) is 0 Å². The Kier molecular flexibility index (Phi) is 4.51. The third kappa shape index (κ3) is 3.16. The van der Waals surface area contributed by atoms with E-state index >= 15 is 0 Å². The van der Waals surface area contributed by atoms with Crippen molar-refractivity contribution in [1.29, 1.82) is 0 Å². The van der Waals surface area contributed by atoms with Crippen LogP contribution >= 0.6 is 0 Å². The number of rotatable bonds is 4. The molecule has 3 rings (SSSR count). The maximum atomic E-state index is 12.5. The second kappa shape index (κ2) is 6.73. The molecular formula is C19H22N2O2. The summed E-state index contributed by atoms with van der Waals surface area (Å²) in [5.41, 5.74) is 3.35. The molecule has 0 saturated heterocycles. The molecule has 0 spiro atoms. The molecule has 2 aromatic rings. The van der Waals surface area contributed by atoms with Crippen LogP contribution < -0.4 is 15.0 Å². The fourth-order valence-corrected chi connectivity index (χ4v) is 3.07. The summed E-state index contributed by atoms with van der Waals surface area (Å²) in [6.45, 7) is 4.32. The number of benzene rings is 2. The Hall–Kier alpha value is -2.49. The van der Waals surface area contributed by atoms with Crippen LogP contribution in [0.25, 0.3) is 0 Å².